The Morgan fingerprint density at radius 3 is 1.69 bits per heavy atom. The first-order valence-corrected chi connectivity index (χ1v) is 10.7. The normalized spacial score (nSPS) is 21.9. The van der Waals surface area contributed by atoms with Crippen LogP contribution in [0.3, 0.4) is 0 Å². The molecule has 11 heteroatoms. The van der Waals surface area contributed by atoms with Crippen molar-refractivity contribution in [2.75, 3.05) is 0 Å². The van der Waals surface area contributed by atoms with Crippen LogP contribution >= 0.6 is 0 Å². The van der Waals surface area contributed by atoms with Crippen LogP contribution in [0.1, 0.15) is 30.4 Å². The van der Waals surface area contributed by atoms with Crippen molar-refractivity contribution in [2.24, 2.45) is 0 Å². The number of esters is 2. The van der Waals surface area contributed by atoms with Crippen molar-refractivity contribution >= 4 is 30.1 Å². The lowest BCUT2D eigenvalue weighted by Crippen LogP contribution is -2.51. The van der Waals surface area contributed by atoms with Crippen molar-refractivity contribution in [2.45, 2.75) is 37.1 Å². The lowest BCUT2D eigenvalue weighted by atomic mass is 9.81. The Balaban J connectivity index is 1.70. The van der Waals surface area contributed by atoms with E-state index in [-0.39, 0.29) is 30.1 Å². The molecule has 3 rings (SSSR count). The van der Waals surface area contributed by atoms with Gasteiger partial charge >= 0.3 is 17.9 Å². The van der Waals surface area contributed by atoms with Gasteiger partial charge in [0.25, 0.3) is 0 Å². The maximum Gasteiger partial charge on any atom is 0.335 e. The van der Waals surface area contributed by atoms with Gasteiger partial charge in [-0.15, -0.1) is 0 Å². The Bertz CT molecular complexity index is 1220. The van der Waals surface area contributed by atoms with E-state index in [0.717, 1.165) is 12.2 Å². The number of carbonyl (C=O) groups is 3. The standard InChI is InChI=1S/C25H24O11/c26-16-5-1-14(11-18(16)28)3-7-22(30)35-20-9-10-25(34,24(32)33)13-21(20)36-23(31)8-4-15-2-6-17(27)19(29)12-15/h1-8,11-12,20-21,26-29,34H,9-10,13H2,(H,32,33)/b7-3+,8-4+/t20-,21+,25+/m0/s1. The van der Waals surface area contributed by atoms with Gasteiger partial charge in [-0.05, 0) is 60.4 Å². The Labute approximate surface area is 204 Å². The van der Waals surface area contributed by atoms with Crippen LogP contribution in [0, 0.1) is 0 Å². The zero-order valence-corrected chi connectivity index (χ0v) is 18.8. The summed E-state index contributed by atoms with van der Waals surface area (Å²) in [6.45, 7) is 0. The highest BCUT2D eigenvalue weighted by atomic mass is 16.6. The van der Waals surface area contributed by atoms with E-state index in [1.54, 1.807) is 0 Å². The van der Waals surface area contributed by atoms with Crippen LogP contribution in [0.2, 0.25) is 0 Å². The molecule has 0 radical (unpaired) electrons. The Hall–Kier alpha value is -4.51. The van der Waals surface area contributed by atoms with Crippen molar-refractivity contribution in [1.82, 2.24) is 0 Å². The summed E-state index contributed by atoms with van der Waals surface area (Å²) in [6, 6.07) is 7.74. The number of carboxylic acids is 1. The van der Waals surface area contributed by atoms with E-state index in [2.05, 4.69) is 0 Å². The highest BCUT2D eigenvalue weighted by molar-refractivity contribution is 5.88. The van der Waals surface area contributed by atoms with Gasteiger partial charge in [0.1, 0.15) is 12.2 Å². The van der Waals surface area contributed by atoms with Gasteiger partial charge in [0.2, 0.25) is 0 Å². The van der Waals surface area contributed by atoms with Gasteiger partial charge in [-0.2, -0.15) is 0 Å². The molecule has 1 saturated carbocycles. The number of aliphatic carboxylic acids is 1. The quantitative estimate of drug-likeness (QED) is 0.185. The summed E-state index contributed by atoms with van der Waals surface area (Å²) < 4.78 is 10.6. The smallest absolute Gasteiger partial charge is 0.335 e. The molecular weight excluding hydrogens is 476 g/mol. The van der Waals surface area contributed by atoms with Gasteiger partial charge in [0.15, 0.2) is 28.6 Å². The minimum Gasteiger partial charge on any atom is -0.504 e. The fourth-order valence-electron chi connectivity index (χ4n) is 3.57. The van der Waals surface area contributed by atoms with Crippen LogP contribution < -0.4 is 0 Å². The topological polar surface area (TPSA) is 191 Å². The molecule has 0 bridgehead atoms. The number of carbonyl (C=O) groups excluding carboxylic acids is 2. The van der Waals surface area contributed by atoms with E-state index >= 15 is 0 Å². The Morgan fingerprint density at radius 1 is 0.778 bits per heavy atom. The fourth-order valence-corrected chi connectivity index (χ4v) is 3.57. The van der Waals surface area contributed by atoms with Crippen LogP contribution in [0.4, 0.5) is 0 Å². The lowest BCUT2D eigenvalue weighted by Gasteiger charge is -2.37. The summed E-state index contributed by atoms with van der Waals surface area (Å²) in [5, 5.41) is 57.5. The number of benzene rings is 2. The number of aromatic hydroxyl groups is 4. The Morgan fingerprint density at radius 2 is 1.25 bits per heavy atom. The first-order valence-electron chi connectivity index (χ1n) is 10.7. The molecule has 0 amide bonds. The predicted octanol–water partition coefficient (Wildman–Crippen LogP) is 2.06. The number of carboxylic acid groups (broad SMARTS) is 1. The number of phenols is 4. The number of aliphatic hydroxyl groups is 1. The highest BCUT2D eigenvalue weighted by Crippen LogP contribution is 2.33. The van der Waals surface area contributed by atoms with E-state index in [4.69, 9.17) is 9.47 Å². The number of hydrogen-bond donors (Lipinski definition) is 6. The summed E-state index contributed by atoms with van der Waals surface area (Å²) in [7, 11) is 0. The number of hydrogen-bond acceptors (Lipinski definition) is 10. The van der Waals surface area contributed by atoms with Gasteiger partial charge in [-0.3, -0.25) is 0 Å². The molecule has 0 aromatic heterocycles. The second kappa shape index (κ2) is 10.8. The molecule has 1 aliphatic rings. The van der Waals surface area contributed by atoms with E-state index in [1.807, 2.05) is 0 Å². The summed E-state index contributed by atoms with van der Waals surface area (Å²) >= 11 is 0. The van der Waals surface area contributed by atoms with Crippen LogP contribution in [0.5, 0.6) is 23.0 Å². The largest absolute Gasteiger partial charge is 0.504 e. The zero-order chi connectivity index (χ0) is 26.5. The molecule has 190 valence electrons. The third-order valence-corrected chi connectivity index (χ3v) is 5.55. The van der Waals surface area contributed by atoms with Gasteiger partial charge in [-0.25, -0.2) is 14.4 Å². The average molecular weight is 500 g/mol. The highest BCUT2D eigenvalue weighted by Gasteiger charge is 2.47. The second-order valence-corrected chi connectivity index (χ2v) is 8.19. The summed E-state index contributed by atoms with van der Waals surface area (Å²) in [5.41, 5.74) is -1.43. The molecule has 11 nitrogen and oxygen atoms in total. The van der Waals surface area contributed by atoms with Crippen LogP contribution in [0.15, 0.2) is 48.6 Å². The molecular formula is C25H24O11. The van der Waals surface area contributed by atoms with E-state index in [0.29, 0.717) is 11.1 Å². The minimum atomic E-state index is -2.18. The summed E-state index contributed by atoms with van der Waals surface area (Å²) in [5.74, 6) is -4.71. The number of phenolic OH excluding ortho intramolecular Hbond substituents is 4. The van der Waals surface area contributed by atoms with Crippen molar-refractivity contribution in [3.63, 3.8) is 0 Å². The molecule has 0 spiro atoms. The van der Waals surface area contributed by atoms with E-state index in [1.165, 1.54) is 48.6 Å². The van der Waals surface area contributed by atoms with E-state index < -0.39 is 47.9 Å². The molecule has 6 N–H and O–H groups in total. The van der Waals surface area contributed by atoms with Crippen molar-refractivity contribution in [3.05, 3.63) is 59.7 Å². The maximum absolute atomic E-state index is 12.4. The van der Waals surface area contributed by atoms with Gasteiger partial charge in [0.05, 0.1) is 0 Å². The van der Waals surface area contributed by atoms with E-state index in [9.17, 15) is 45.0 Å². The monoisotopic (exact) mass is 500 g/mol. The molecule has 36 heavy (non-hydrogen) atoms. The molecule has 0 aliphatic heterocycles. The molecule has 2 aromatic rings. The van der Waals surface area contributed by atoms with Crippen molar-refractivity contribution in [3.8, 4) is 23.0 Å². The molecule has 0 saturated heterocycles. The number of rotatable bonds is 7. The van der Waals surface area contributed by atoms with Gasteiger partial charge in [0, 0.05) is 18.6 Å². The van der Waals surface area contributed by atoms with Gasteiger partial charge in [-0.1, -0.05) is 12.1 Å². The van der Waals surface area contributed by atoms with Crippen LogP contribution in [-0.4, -0.2) is 66.4 Å². The minimum absolute atomic E-state index is 0.101. The molecule has 0 heterocycles. The number of ether oxygens (including phenoxy) is 2. The van der Waals surface area contributed by atoms with Gasteiger partial charge < -0.3 is 40.1 Å². The summed E-state index contributed by atoms with van der Waals surface area (Å²) in [4.78, 5) is 36.2. The lowest BCUT2D eigenvalue weighted by molar-refractivity contribution is -0.187. The SMILES string of the molecule is O=C(/C=C/c1ccc(O)c(O)c1)O[C@H]1CC[C@](O)(C(=O)O)C[C@H]1OC(=O)/C=C/c1ccc(O)c(O)c1. The van der Waals surface area contributed by atoms with Crippen LogP contribution in [0.25, 0.3) is 12.2 Å². The fraction of sp³-hybridized carbons (Fsp3) is 0.240. The van der Waals surface area contributed by atoms with Crippen LogP contribution in [-0.2, 0) is 23.9 Å². The third kappa shape index (κ3) is 6.54. The molecule has 2 aromatic carbocycles. The Kier molecular flexibility index (Phi) is 7.85. The second-order valence-electron chi connectivity index (χ2n) is 8.19. The molecule has 3 atom stereocenters. The first kappa shape index (κ1) is 26.1. The molecule has 1 fully saturated rings. The summed E-state index contributed by atoms with van der Waals surface area (Å²) in [6.07, 6.45) is 1.44. The average Bonchev–Trinajstić information content (AvgIpc) is 2.82. The third-order valence-electron chi connectivity index (χ3n) is 5.55. The predicted molar refractivity (Wildman–Crippen MR) is 124 cm³/mol. The zero-order valence-electron chi connectivity index (χ0n) is 18.8. The molecule has 0 unspecified atom stereocenters. The van der Waals surface area contributed by atoms with Crippen molar-refractivity contribution < 1.29 is 54.5 Å². The van der Waals surface area contributed by atoms with Crippen molar-refractivity contribution in [1.29, 1.82) is 0 Å². The maximum atomic E-state index is 12.4. The first-order chi connectivity index (χ1) is 17.0. The molecule has 1 aliphatic carbocycles.